The van der Waals surface area contributed by atoms with Crippen LogP contribution in [-0.2, 0) is 4.74 Å². The Kier molecular flexibility index (Phi) is 4.74. The largest absolute Gasteiger partial charge is 0.383 e. The third-order valence-corrected chi connectivity index (χ3v) is 2.15. The highest BCUT2D eigenvalue weighted by Gasteiger charge is 2.08. The van der Waals surface area contributed by atoms with Crippen LogP contribution in [-0.4, -0.2) is 36.8 Å². The summed E-state index contributed by atoms with van der Waals surface area (Å²) in [6, 6.07) is 1.75. The number of anilines is 3. The number of rotatable bonds is 6. The van der Waals surface area contributed by atoms with E-state index >= 15 is 0 Å². The average Bonchev–Trinajstić information content (AvgIpc) is 2.29. The third-order valence-electron chi connectivity index (χ3n) is 2.15. The minimum atomic E-state index is 0.196. The van der Waals surface area contributed by atoms with Gasteiger partial charge in [0.1, 0.15) is 11.6 Å². The number of nitrogen functional groups attached to an aromatic ring is 2. The van der Waals surface area contributed by atoms with Crippen LogP contribution in [0.25, 0.3) is 0 Å². The Morgan fingerprint density at radius 2 is 2.25 bits per heavy atom. The Balaban J connectivity index is 2.86. The molecule has 0 spiro atoms. The lowest BCUT2D eigenvalue weighted by Gasteiger charge is -2.21. The fourth-order valence-electron chi connectivity index (χ4n) is 1.32. The van der Waals surface area contributed by atoms with Crippen LogP contribution < -0.4 is 21.9 Å². The fraction of sp³-hybridized carbons (Fsp3) is 0.556. The van der Waals surface area contributed by atoms with Crippen molar-refractivity contribution in [3.8, 4) is 0 Å². The number of methoxy groups -OCH3 is 1. The maximum Gasteiger partial charge on any atom is 0.223 e. The molecule has 16 heavy (non-hydrogen) atoms. The van der Waals surface area contributed by atoms with Crippen molar-refractivity contribution in [2.75, 3.05) is 42.9 Å². The fourth-order valence-corrected chi connectivity index (χ4v) is 1.32. The van der Waals surface area contributed by atoms with Gasteiger partial charge in [0.25, 0.3) is 0 Å². The van der Waals surface area contributed by atoms with Crippen LogP contribution in [0, 0.1) is 0 Å². The van der Waals surface area contributed by atoms with Gasteiger partial charge in [0.05, 0.1) is 6.61 Å². The molecule has 5 N–H and O–H groups in total. The Morgan fingerprint density at radius 3 is 2.81 bits per heavy atom. The standard InChI is InChI=1S/C9H18N6O/c1-3-15(4-5-16-2)8-6-7(14-11)12-9(10)13-8/h6H,3-5,11H2,1-2H3,(H3,10,12,13,14). The van der Waals surface area contributed by atoms with Gasteiger partial charge in [-0.2, -0.15) is 9.97 Å². The summed E-state index contributed by atoms with van der Waals surface area (Å²) >= 11 is 0. The molecule has 0 aliphatic carbocycles. The quantitative estimate of drug-likeness (QED) is 0.456. The number of ether oxygens (including phenoxy) is 1. The van der Waals surface area contributed by atoms with Crippen molar-refractivity contribution in [2.45, 2.75) is 6.92 Å². The summed E-state index contributed by atoms with van der Waals surface area (Å²) in [5.41, 5.74) is 8.03. The van der Waals surface area contributed by atoms with E-state index in [-0.39, 0.29) is 5.95 Å². The molecule has 0 aliphatic rings. The highest BCUT2D eigenvalue weighted by atomic mass is 16.5. The van der Waals surface area contributed by atoms with Gasteiger partial charge in [-0.05, 0) is 6.92 Å². The zero-order chi connectivity index (χ0) is 12.0. The summed E-state index contributed by atoms with van der Waals surface area (Å²) < 4.78 is 5.03. The molecule has 0 unspecified atom stereocenters. The molecule has 0 radical (unpaired) electrons. The third kappa shape index (κ3) is 3.21. The monoisotopic (exact) mass is 226 g/mol. The lowest BCUT2D eigenvalue weighted by molar-refractivity contribution is 0.205. The molecule has 1 aromatic rings. The molecule has 0 bridgehead atoms. The van der Waals surface area contributed by atoms with E-state index in [2.05, 4.69) is 15.4 Å². The Morgan fingerprint density at radius 1 is 1.50 bits per heavy atom. The van der Waals surface area contributed by atoms with Crippen LogP contribution in [0.15, 0.2) is 6.07 Å². The van der Waals surface area contributed by atoms with E-state index in [1.807, 2.05) is 11.8 Å². The molecule has 7 nitrogen and oxygen atoms in total. The maximum absolute atomic E-state index is 5.58. The van der Waals surface area contributed by atoms with Crippen molar-refractivity contribution >= 4 is 17.6 Å². The van der Waals surface area contributed by atoms with Crippen molar-refractivity contribution in [2.24, 2.45) is 5.84 Å². The van der Waals surface area contributed by atoms with Crippen LogP contribution >= 0.6 is 0 Å². The molecule has 1 rings (SSSR count). The van der Waals surface area contributed by atoms with Gasteiger partial charge < -0.3 is 20.8 Å². The molecular formula is C9H18N6O. The van der Waals surface area contributed by atoms with Crippen LogP contribution in [0.2, 0.25) is 0 Å². The van der Waals surface area contributed by atoms with Gasteiger partial charge in [0.2, 0.25) is 5.95 Å². The molecule has 0 aromatic carbocycles. The summed E-state index contributed by atoms with van der Waals surface area (Å²) in [6.07, 6.45) is 0. The van der Waals surface area contributed by atoms with Crippen LogP contribution in [0.1, 0.15) is 6.92 Å². The van der Waals surface area contributed by atoms with E-state index < -0.39 is 0 Å². The molecule has 90 valence electrons. The summed E-state index contributed by atoms with van der Waals surface area (Å²) in [4.78, 5) is 10.1. The highest BCUT2D eigenvalue weighted by molar-refractivity contribution is 5.51. The van der Waals surface area contributed by atoms with Crippen LogP contribution in [0.3, 0.4) is 0 Å². The van der Waals surface area contributed by atoms with E-state index in [0.29, 0.717) is 12.4 Å². The topological polar surface area (TPSA) is 102 Å². The number of aromatic nitrogens is 2. The second kappa shape index (κ2) is 6.09. The number of hydrogen-bond donors (Lipinski definition) is 3. The molecule has 0 saturated carbocycles. The molecule has 1 heterocycles. The minimum absolute atomic E-state index is 0.196. The van der Waals surface area contributed by atoms with Crippen LogP contribution in [0.5, 0.6) is 0 Å². The van der Waals surface area contributed by atoms with Crippen molar-refractivity contribution in [1.82, 2.24) is 9.97 Å². The first-order valence-corrected chi connectivity index (χ1v) is 5.06. The van der Waals surface area contributed by atoms with E-state index in [0.717, 1.165) is 18.9 Å². The van der Waals surface area contributed by atoms with Gasteiger partial charge in [-0.3, -0.25) is 0 Å². The molecule has 0 amide bonds. The highest BCUT2D eigenvalue weighted by Crippen LogP contribution is 2.15. The van der Waals surface area contributed by atoms with Gasteiger partial charge in [0, 0.05) is 26.3 Å². The Bertz CT molecular complexity index is 332. The van der Waals surface area contributed by atoms with E-state index in [1.165, 1.54) is 0 Å². The SMILES string of the molecule is CCN(CCOC)c1cc(NN)nc(N)n1. The molecule has 7 heteroatoms. The second-order valence-corrected chi connectivity index (χ2v) is 3.19. The second-order valence-electron chi connectivity index (χ2n) is 3.19. The Labute approximate surface area is 94.8 Å². The van der Waals surface area contributed by atoms with Gasteiger partial charge in [-0.25, -0.2) is 5.84 Å². The molecule has 0 saturated heterocycles. The van der Waals surface area contributed by atoms with Crippen molar-refractivity contribution < 1.29 is 4.74 Å². The number of likely N-dealkylation sites (N-methyl/N-ethyl adjacent to an activating group) is 1. The van der Waals surface area contributed by atoms with Gasteiger partial charge in [-0.1, -0.05) is 0 Å². The summed E-state index contributed by atoms with van der Waals surface area (Å²) in [7, 11) is 1.66. The minimum Gasteiger partial charge on any atom is -0.383 e. The lowest BCUT2D eigenvalue weighted by Crippen LogP contribution is -2.28. The number of nitrogens with two attached hydrogens (primary N) is 2. The molecule has 0 atom stereocenters. The maximum atomic E-state index is 5.58. The summed E-state index contributed by atoms with van der Waals surface area (Å²) in [6.45, 7) is 4.21. The van der Waals surface area contributed by atoms with Gasteiger partial charge in [-0.15, -0.1) is 0 Å². The number of nitrogens with zero attached hydrogens (tertiary/aromatic N) is 3. The van der Waals surface area contributed by atoms with Gasteiger partial charge >= 0.3 is 0 Å². The summed E-state index contributed by atoms with van der Waals surface area (Å²) in [5, 5.41) is 0. The first-order valence-electron chi connectivity index (χ1n) is 5.06. The number of hydrogen-bond acceptors (Lipinski definition) is 7. The van der Waals surface area contributed by atoms with Crippen molar-refractivity contribution in [3.63, 3.8) is 0 Å². The van der Waals surface area contributed by atoms with E-state index in [4.69, 9.17) is 16.3 Å². The molecule has 1 aromatic heterocycles. The average molecular weight is 226 g/mol. The summed E-state index contributed by atoms with van der Waals surface area (Å²) in [5.74, 6) is 6.72. The lowest BCUT2D eigenvalue weighted by atomic mass is 10.4. The molecule has 0 aliphatic heterocycles. The predicted molar refractivity (Wildman–Crippen MR) is 64.0 cm³/mol. The zero-order valence-electron chi connectivity index (χ0n) is 9.60. The van der Waals surface area contributed by atoms with Crippen LogP contribution in [0.4, 0.5) is 17.6 Å². The van der Waals surface area contributed by atoms with Gasteiger partial charge in [0.15, 0.2) is 0 Å². The molecule has 0 fully saturated rings. The van der Waals surface area contributed by atoms with E-state index in [1.54, 1.807) is 13.2 Å². The normalized spacial score (nSPS) is 10.2. The first-order chi connectivity index (χ1) is 7.71. The van der Waals surface area contributed by atoms with E-state index in [9.17, 15) is 0 Å². The number of nitrogens with one attached hydrogen (secondary N) is 1. The predicted octanol–water partition coefficient (Wildman–Crippen LogP) is -0.183. The van der Waals surface area contributed by atoms with Crippen molar-refractivity contribution in [1.29, 1.82) is 0 Å². The van der Waals surface area contributed by atoms with Crippen molar-refractivity contribution in [3.05, 3.63) is 6.07 Å². The Hall–Kier alpha value is -1.60. The smallest absolute Gasteiger partial charge is 0.223 e. The number of hydrazine groups is 1. The molecular weight excluding hydrogens is 208 g/mol. The zero-order valence-corrected chi connectivity index (χ0v) is 9.60. The first kappa shape index (κ1) is 12.5.